The maximum absolute atomic E-state index is 11.8. The molecule has 6 heteroatoms. The normalized spacial score (nSPS) is 15.5. The van der Waals surface area contributed by atoms with Crippen LogP contribution < -0.4 is 4.90 Å². The largest absolute Gasteiger partial charge is 0.326 e. The van der Waals surface area contributed by atoms with Crippen LogP contribution in [-0.4, -0.2) is 46.1 Å². The molecular weight excluding hydrogens is 230 g/mol. The number of nitrogens with zero attached hydrogens (tertiary/aromatic N) is 5. The molecule has 1 saturated heterocycles. The third-order valence-electron chi connectivity index (χ3n) is 3.03. The summed E-state index contributed by atoms with van der Waals surface area (Å²) < 4.78 is 0. The summed E-state index contributed by atoms with van der Waals surface area (Å²) in [5.41, 5.74) is 1.78. The monoisotopic (exact) mass is 243 g/mol. The van der Waals surface area contributed by atoms with E-state index < -0.39 is 0 Å². The fourth-order valence-corrected chi connectivity index (χ4v) is 2.00. The van der Waals surface area contributed by atoms with Crippen LogP contribution in [0.5, 0.6) is 0 Å². The van der Waals surface area contributed by atoms with E-state index in [1.165, 1.54) is 0 Å². The summed E-state index contributed by atoms with van der Waals surface area (Å²) >= 11 is 0. The van der Waals surface area contributed by atoms with Crippen molar-refractivity contribution in [3.05, 3.63) is 36.7 Å². The van der Waals surface area contributed by atoms with E-state index in [4.69, 9.17) is 0 Å². The molecule has 1 aliphatic rings. The molecule has 0 saturated carbocycles. The molecule has 0 spiro atoms. The van der Waals surface area contributed by atoms with Gasteiger partial charge in [0, 0.05) is 25.8 Å². The highest BCUT2D eigenvalue weighted by atomic mass is 16.2. The second kappa shape index (κ2) is 4.14. The predicted molar refractivity (Wildman–Crippen MR) is 66.7 cm³/mol. The second-order valence-corrected chi connectivity index (χ2v) is 4.19. The third kappa shape index (κ3) is 1.71. The predicted octanol–water partition coefficient (Wildman–Crippen LogP) is 1.14. The number of hydrogen-bond acceptors (Lipinski definition) is 3. The van der Waals surface area contributed by atoms with Crippen molar-refractivity contribution in [3.8, 4) is 5.69 Å². The number of likely N-dealkylation sites (N-methyl/N-ethyl adjacent to an activating group) is 1. The fourth-order valence-electron chi connectivity index (χ4n) is 2.00. The van der Waals surface area contributed by atoms with Crippen molar-refractivity contribution < 1.29 is 4.79 Å². The Morgan fingerprint density at radius 3 is 2.17 bits per heavy atom. The van der Waals surface area contributed by atoms with Gasteiger partial charge in [-0.3, -0.25) is 4.90 Å². The van der Waals surface area contributed by atoms with Crippen molar-refractivity contribution in [3.63, 3.8) is 0 Å². The SMILES string of the molecule is CN1CCN(c2ccc(-n3nccn3)cc2)C1=O. The molecule has 0 bridgehead atoms. The van der Waals surface area contributed by atoms with Crippen molar-refractivity contribution in [1.29, 1.82) is 0 Å². The van der Waals surface area contributed by atoms with Crippen LogP contribution in [0.15, 0.2) is 36.7 Å². The summed E-state index contributed by atoms with van der Waals surface area (Å²) in [5, 5.41) is 8.11. The minimum atomic E-state index is 0.0416. The summed E-state index contributed by atoms with van der Waals surface area (Å²) in [6.45, 7) is 1.50. The third-order valence-corrected chi connectivity index (χ3v) is 3.03. The molecule has 0 atom stereocenters. The van der Waals surface area contributed by atoms with Crippen LogP contribution in [0.3, 0.4) is 0 Å². The molecule has 1 fully saturated rings. The van der Waals surface area contributed by atoms with Crippen molar-refractivity contribution in [2.45, 2.75) is 0 Å². The Kier molecular flexibility index (Phi) is 2.47. The van der Waals surface area contributed by atoms with E-state index in [0.717, 1.165) is 24.5 Å². The maximum Gasteiger partial charge on any atom is 0.324 e. The average molecular weight is 243 g/mol. The van der Waals surface area contributed by atoms with Gasteiger partial charge in [0.1, 0.15) is 0 Å². The van der Waals surface area contributed by atoms with Crippen LogP contribution in [0, 0.1) is 0 Å². The first-order valence-electron chi connectivity index (χ1n) is 5.75. The smallest absolute Gasteiger partial charge is 0.324 e. The summed E-state index contributed by atoms with van der Waals surface area (Å²) in [6.07, 6.45) is 3.26. The molecule has 2 aromatic rings. The van der Waals surface area contributed by atoms with E-state index in [1.54, 1.807) is 27.0 Å². The quantitative estimate of drug-likeness (QED) is 0.794. The van der Waals surface area contributed by atoms with Crippen molar-refractivity contribution in [2.24, 2.45) is 0 Å². The van der Waals surface area contributed by atoms with Gasteiger partial charge in [0.25, 0.3) is 0 Å². The van der Waals surface area contributed by atoms with E-state index in [-0.39, 0.29) is 6.03 Å². The number of aromatic nitrogens is 3. The molecule has 0 radical (unpaired) electrons. The summed E-state index contributed by atoms with van der Waals surface area (Å²) in [4.78, 5) is 16.9. The Hall–Kier alpha value is -2.37. The highest BCUT2D eigenvalue weighted by Crippen LogP contribution is 2.20. The average Bonchev–Trinajstić information content (AvgIpc) is 3.02. The van der Waals surface area contributed by atoms with Crippen molar-refractivity contribution in [1.82, 2.24) is 19.9 Å². The molecule has 92 valence electrons. The first-order chi connectivity index (χ1) is 8.75. The Morgan fingerprint density at radius 2 is 1.61 bits per heavy atom. The van der Waals surface area contributed by atoms with Gasteiger partial charge in [0.2, 0.25) is 0 Å². The van der Waals surface area contributed by atoms with E-state index >= 15 is 0 Å². The van der Waals surface area contributed by atoms with E-state index in [9.17, 15) is 4.79 Å². The number of urea groups is 1. The lowest BCUT2D eigenvalue weighted by Gasteiger charge is -2.16. The molecule has 2 amide bonds. The Labute approximate surface area is 104 Å². The Bertz CT molecular complexity index is 548. The lowest BCUT2D eigenvalue weighted by Crippen LogP contribution is -2.29. The van der Waals surface area contributed by atoms with Crippen LogP contribution >= 0.6 is 0 Å². The van der Waals surface area contributed by atoms with Crippen LogP contribution in [0.25, 0.3) is 5.69 Å². The number of carbonyl (C=O) groups excluding carboxylic acids is 1. The standard InChI is InChI=1S/C12H13N5O/c1-15-8-9-16(12(15)18)10-2-4-11(5-3-10)17-13-6-7-14-17/h2-7H,8-9H2,1H3. The van der Waals surface area contributed by atoms with E-state index in [2.05, 4.69) is 10.2 Å². The summed E-state index contributed by atoms with van der Waals surface area (Å²) in [7, 11) is 1.81. The number of carbonyl (C=O) groups is 1. The van der Waals surface area contributed by atoms with Crippen LogP contribution in [0.1, 0.15) is 0 Å². The number of amides is 2. The van der Waals surface area contributed by atoms with Gasteiger partial charge in [-0.25, -0.2) is 4.79 Å². The molecule has 0 unspecified atom stereocenters. The van der Waals surface area contributed by atoms with E-state index in [1.807, 2.05) is 31.3 Å². The summed E-state index contributed by atoms with van der Waals surface area (Å²) in [5.74, 6) is 0. The number of hydrogen-bond donors (Lipinski definition) is 0. The first kappa shape index (κ1) is 10.8. The Balaban J connectivity index is 1.86. The zero-order valence-electron chi connectivity index (χ0n) is 10.0. The first-order valence-corrected chi connectivity index (χ1v) is 5.75. The van der Waals surface area contributed by atoms with Crippen LogP contribution in [0.4, 0.5) is 10.5 Å². The molecule has 1 aliphatic heterocycles. The zero-order chi connectivity index (χ0) is 12.5. The van der Waals surface area contributed by atoms with Gasteiger partial charge >= 0.3 is 6.03 Å². The number of anilines is 1. The zero-order valence-corrected chi connectivity index (χ0v) is 10.0. The topological polar surface area (TPSA) is 54.3 Å². The minimum absolute atomic E-state index is 0.0416. The lowest BCUT2D eigenvalue weighted by molar-refractivity contribution is 0.229. The second-order valence-electron chi connectivity index (χ2n) is 4.19. The lowest BCUT2D eigenvalue weighted by atomic mass is 10.2. The molecular formula is C12H13N5O. The van der Waals surface area contributed by atoms with Gasteiger partial charge in [0.05, 0.1) is 18.1 Å². The van der Waals surface area contributed by atoms with Gasteiger partial charge in [-0.05, 0) is 24.3 Å². The molecule has 6 nitrogen and oxygen atoms in total. The molecule has 0 N–H and O–H groups in total. The van der Waals surface area contributed by atoms with Gasteiger partial charge in [-0.15, -0.1) is 0 Å². The molecule has 3 rings (SSSR count). The molecule has 2 heterocycles. The number of rotatable bonds is 2. The van der Waals surface area contributed by atoms with Gasteiger partial charge < -0.3 is 4.90 Å². The van der Waals surface area contributed by atoms with E-state index in [0.29, 0.717) is 0 Å². The van der Waals surface area contributed by atoms with Gasteiger partial charge in [0.15, 0.2) is 0 Å². The Morgan fingerprint density at radius 1 is 1.00 bits per heavy atom. The molecule has 0 aliphatic carbocycles. The minimum Gasteiger partial charge on any atom is -0.326 e. The van der Waals surface area contributed by atoms with Crippen LogP contribution in [0.2, 0.25) is 0 Å². The van der Waals surface area contributed by atoms with Crippen molar-refractivity contribution >= 4 is 11.7 Å². The molecule has 1 aromatic carbocycles. The molecule has 1 aromatic heterocycles. The fraction of sp³-hybridized carbons (Fsp3) is 0.250. The van der Waals surface area contributed by atoms with Crippen molar-refractivity contribution in [2.75, 3.05) is 25.0 Å². The summed E-state index contributed by atoms with van der Waals surface area (Å²) in [6, 6.07) is 7.67. The highest BCUT2D eigenvalue weighted by molar-refractivity contribution is 5.93. The number of benzene rings is 1. The van der Waals surface area contributed by atoms with Gasteiger partial charge in [-0.1, -0.05) is 0 Å². The van der Waals surface area contributed by atoms with Gasteiger partial charge in [-0.2, -0.15) is 15.0 Å². The molecule has 18 heavy (non-hydrogen) atoms. The van der Waals surface area contributed by atoms with Crippen LogP contribution in [-0.2, 0) is 0 Å². The maximum atomic E-state index is 11.8. The highest BCUT2D eigenvalue weighted by Gasteiger charge is 2.26.